The first-order chi connectivity index (χ1) is 11.0. The second-order valence-corrected chi connectivity index (χ2v) is 6.62. The average molecular weight is 333 g/mol. The molecule has 0 aliphatic heterocycles. The second-order valence-electron chi connectivity index (χ2n) is 5.76. The van der Waals surface area contributed by atoms with E-state index in [1.807, 2.05) is 43.5 Å². The molecule has 0 bridgehead atoms. The Morgan fingerprint density at radius 3 is 2.57 bits per heavy atom. The molecule has 1 amide bonds. The number of benzene rings is 1. The van der Waals surface area contributed by atoms with Gasteiger partial charge in [0.1, 0.15) is 0 Å². The highest BCUT2D eigenvalue weighted by molar-refractivity contribution is 7.14. The highest BCUT2D eigenvalue weighted by Crippen LogP contribution is 2.26. The van der Waals surface area contributed by atoms with Crippen LogP contribution in [0.5, 0.6) is 0 Å². The Labute approximate surface area is 141 Å². The predicted molar refractivity (Wildman–Crippen MR) is 96.0 cm³/mol. The summed E-state index contributed by atoms with van der Waals surface area (Å²) >= 11 is 1.57. The van der Waals surface area contributed by atoms with Gasteiger partial charge in [0, 0.05) is 35.7 Å². The minimum Gasteiger partial charge on any atom is -0.383 e. The van der Waals surface area contributed by atoms with Gasteiger partial charge < -0.3 is 15.4 Å². The summed E-state index contributed by atoms with van der Waals surface area (Å²) < 4.78 is 5.11. The molecule has 1 atom stereocenters. The number of carbonyl (C=O) groups is 1. The molecular formula is C17H23N3O2S. The van der Waals surface area contributed by atoms with Crippen molar-refractivity contribution in [1.29, 1.82) is 0 Å². The maximum atomic E-state index is 11.7. The van der Waals surface area contributed by atoms with E-state index in [2.05, 4.69) is 22.5 Å². The molecule has 2 aromatic rings. The summed E-state index contributed by atoms with van der Waals surface area (Å²) in [6.45, 7) is 6.44. The number of methoxy groups -OCH3 is 1. The van der Waals surface area contributed by atoms with Gasteiger partial charge in [-0.15, -0.1) is 11.3 Å². The largest absolute Gasteiger partial charge is 0.383 e. The van der Waals surface area contributed by atoms with Crippen molar-refractivity contribution in [3.05, 3.63) is 29.6 Å². The van der Waals surface area contributed by atoms with Crippen LogP contribution in [0.25, 0.3) is 11.3 Å². The number of ether oxygens (including phenoxy) is 1. The van der Waals surface area contributed by atoms with Crippen molar-refractivity contribution in [2.75, 3.05) is 24.4 Å². The van der Waals surface area contributed by atoms with Crippen molar-refractivity contribution < 1.29 is 9.53 Å². The fourth-order valence-electron chi connectivity index (χ4n) is 1.99. The number of anilines is 2. The van der Waals surface area contributed by atoms with Crippen LogP contribution in [-0.2, 0) is 9.53 Å². The van der Waals surface area contributed by atoms with Crippen molar-refractivity contribution in [2.24, 2.45) is 5.92 Å². The molecule has 0 aliphatic carbocycles. The first-order valence-corrected chi connectivity index (χ1v) is 8.50. The van der Waals surface area contributed by atoms with Crippen molar-refractivity contribution in [3.63, 3.8) is 0 Å². The Balaban J connectivity index is 2.02. The van der Waals surface area contributed by atoms with Crippen LogP contribution in [0, 0.1) is 5.92 Å². The zero-order chi connectivity index (χ0) is 16.8. The van der Waals surface area contributed by atoms with Gasteiger partial charge >= 0.3 is 0 Å². The van der Waals surface area contributed by atoms with Gasteiger partial charge in [-0.25, -0.2) is 4.98 Å². The van der Waals surface area contributed by atoms with E-state index in [4.69, 9.17) is 4.74 Å². The van der Waals surface area contributed by atoms with Crippen molar-refractivity contribution in [3.8, 4) is 11.3 Å². The molecule has 2 N–H and O–H groups in total. The lowest BCUT2D eigenvalue weighted by molar-refractivity contribution is -0.118. The molecule has 0 aliphatic rings. The van der Waals surface area contributed by atoms with E-state index in [1.54, 1.807) is 18.4 Å². The normalized spacial score (nSPS) is 12.2. The lowest BCUT2D eigenvalue weighted by atomic mass is 10.1. The summed E-state index contributed by atoms with van der Waals surface area (Å²) in [4.78, 5) is 16.3. The standard InChI is InChI=1S/C17H23N3O2S/c1-11(2)16(21)19-14-7-5-13(6-8-14)15-10-23-17(20-15)18-12(3)9-22-4/h5-8,10-12H,9H2,1-4H3,(H,18,20)(H,19,21)/t12-/m1/s1. The zero-order valence-corrected chi connectivity index (χ0v) is 14.7. The molecule has 5 nitrogen and oxygen atoms in total. The molecule has 0 saturated heterocycles. The Hall–Kier alpha value is -1.92. The van der Waals surface area contributed by atoms with Gasteiger partial charge in [0.15, 0.2) is 5.13 Å². The van der Waals surface area contributed by atoms with Gasteiger partial charge in [-0.3, -0.25) is 4.79 Å². The Morgan fingerprint density at radius 1 is 1.26 bits per heavy atom. The van der Waals surface area contributed by atoms with E-state index < -0.39 is 0 Å². The third kappa shape index (κ3) is 5.04. The maximum Gasteiger partial charge on any atom is 0.226 e. The maximum absolute atomic E-state index is 11.7. The van der Waals surface area contributed by atoms with Gasteiger partial charge in [-0.1, -0.05) is 26.0 Å². The lowest BCUT2D eigenvalue weighted by Crippen LogP contribution is -2.20. The number of hydrogen-bond donors (Lipinski definition) is 2. The van der Waals surface area contributed by atoms with Gasteiger partial charge in [0.2, 0.25) is 5.91 Å². The zero-order valence-electron chi connectivity index (χ0n) is 13.9. The molecule has 23 heavy (non-hydrogen) atoms. The van der Waals surface area contributed by atoms with E-state index in [9.17, 15) is 4.79 Å². The summed E-state index contributed by atoms with van der Waals surface area (Å²) in [6, 6.07) is 7.94. The predicted octanol–water partition coefficient (Wildman–Crippen LogP) is 3.85. The minimum absolute atomic E-state index is 0.0185. The highest BCUT2D eigenvalue weighted by Gasteiger charge is 2.09. The highest BCUT2D eigenvalue weighted by atomic mass is 32.1. The fraction of sp³-hybridized carbons (Fsp3) is 0.412. The average Bonchev–Trinajstić information content (AvgIpc) is 2.96. The van der Waals surface area contributed by atoms with E-state index >= 15 is 0 Å². The van der Waals surface area contributed by atoms with E-state index in [0.717, 1.165) is 22.1 Å². The van der Waals surface area contributed by atoms with Crippen molar-refractivity contribution >= 4 is 28.1 Å². The molecule has 0 radical (unpaired) electrons. The Kier molecular flexibility index (Phi) is 6.12. The van der Waals surface area contributed by atoms with Crippen LogP contribution in [-0.4, -0.2) is 30.6 Å². The number of nitrogens with zero attached hydrogens (tertiary/aromatic N) is 1. The molecule has 0 fully saturated rings. The summed E-state index contributed by atoms with van der Waals surface area (Å²) in [6.07, 6.45) is 0. The number of amides is 1. The molecule has 6 heteroatoms. The van der Waals surface area contributed by atoms with Crippen LogP contribution in [0.15, 0.2) is 29.6 Å². The molecule has 1 aromatic heterocycles. The molecule has 2 rings (SSSR count). The first kappa shape index (κ1) is 17.4. The van der Waals surface area contributed by atoms with Crippen LogP contribution in [0.2, 0.25) is 0 Å². The van der Waals surface area contributed by atoms with Crippen molar-refractivity contribution in [1.82, 2.24) is 4.98 Å². The summed E-state index contributed by atoms with van der Waals surface area (Å²) in [5.41, 5.74) is 2.75. The number of rotatable bonds is 7. The van der Waals surface area contributed by atoms with Gasteiger partial charge in [0.05, 0.1) is 12.3 Å². The van der Waals surface area contributed by atoms with E-state index in [1.165, 1.54) is 0 Å². The monoisotopic (exact) mass is 333 g/mol. The van der Waals surface area contributed by atoms with Crippen LogP contribution >= 0.6 is 11.3 Å². The van der Waals surface area contributed by atoms with Crippen molar-refractivity contribution in [2.45, 2.75) is 26.8 Å². The Bertz CT molecular complexity index is 638. The topological polar surface area (TPSA) is 63.2 Å². The summed E-state index contributed by atoms with van der Waals surface area (Å²) in [7, 11) is 1.69. The third-order valence-corrected chi connectivity index (χ3v) is 4.04. The van der Waals surface area contributed by atoms with Crippen LogP contribution in [0.1, 0.15) is 20.8 Å². The molecular weight excluding hydrogens is 310 g/mol. The first-order valence-electron chi connectivity index (χ1n) is 7.62. The summed E-state index contributed by atoms with van der Waals surface area (Å²) in [5.74, 6) is -0.0130. The van der Waals surface area contributed by atoms with Crippen LogP contribution < -0.4 is 10.6 Å². The minimum atomic E-state index is -0.0315. The number of thiazole rings is 1. The Morgan fingerprint density at radius 2 is 1.96 bits per heavy atom. The molecule has 0 spiro atoms. The van der Waals surface area contributed by atoms with Crippen LogP contribution in [0.3, 0.4) is 0 Å². The molecule has 0 unspecified atom stereocenters. The van der Waals surface area contributed by atoms with Crippen LogP contribution in [0.4, 0.5) is 10.8 Å². The number of carbonyl (C=O) groups excluding carboxylic acids is 1. The molecule has 0 saturated carbocycles. The third-order valence-electron chi connectivity index (χ3n) is 3.26. The second kappa shape index (κ2) is 8.08. The number of nitrogens with one attached hydrogen (secondary N) is 2. The fourth-order valence-corrected chi connectivity index (χ4v) is 2.82. The quantitative estimate of drug-likeness (QED) is 0.808. The van der Waals surface area contributed by atoms with Gasteiger partial charge in [-0.05, 0) is 19.1 Å². The molecule has 1 heterocycles. The SMILES string of the molecule is COC[C@@H](C)Nc1nc(-c2ccc(NC(=O)C(C)C)cc2)cs1. The molecule has 1 aromatic carbocycles. The van der Waals surface area contributed by atoms with E-state index in [0.29, 0.717) is 6.61 Å². The lowest BCUT2D eigenvalue weighted by Gasteiger charge is -2.10. The smallest absolute Gasteiger partial charge is 0.226 e. The van der Waals surface area contributed by atoms with E-state index in [-0.39, 0.29) is 17.9 Å². The summed E-state index contributed by atoms with van der Waals surface area (Å²) in [5, 5.41) is 9.08. The van der Waals surface area contributed by atoms with Gasteiger partial charge in [0.25, 0.3) is 0 Å². The number of hydrogen-bond acceptors (Lipinski definition) is 5. The molecule has 124 valence electrons. The van der Waals surface area contributed by atoms with Gasteiger partial charge in [-0.2, -0.15) is 0 Å². The number of aromatic nitrogens is 1.